The Morgan fingerprint density at radius 3 is 2.17 bits per heavy atom. The highest BCUT2D eigenvalue weighted by atomic mass is 14.7. The van der Waals surface area contributed by atoms with Gasteiger partial charge in [0.1, 0.15) is 0 Å². The zero-order valence-electron chi connectivity index (χ0n) is 16.9. The normalized spacial score (nSPS) is 18.7. The van der Waals surface area contributed by atoms with Crippen molar-refractivity contribution >= 4 is 23.6 Å². The second-order valence-electron chi connectivity index (χ2n) is 8.43. The number of nitrogens with zero attached hydrogens (tertiary/aromatic N) is 1. The highest BCUT2D eigenvalue weighted by Gasteiger charge is 2.42. The van der Waals surface area contributed by atoms with Gasteiger partial charge in [0.05, 0.1) is 6.54 Å². The first-order valence-corrected chi connectivity index (χ1v) is 10.7. The van der Waals surface area contributed by atoms with Crippen molar-refractivity contribution in [3.8, 4) is 22.3 Å². The molecule has 1 heteroatoms. The van der Waals surface area contributed by atoms with Gasteiger partial charge in [-0.1, -0.05) is 91.0 Å². The first-order chi connectivity index (χ1) is 14.8. The van der Waals surface area contributed by atoms with E-state index in [1.807, 2.05) is 0 Å². The third-order valence-corrected chi connectivity index (χ3v) is 6.61. The van der Waals surface area contributed by atoms with Crippen LogP contribution in [0.5, 0.6) is 0 Å². The molecule has 1 saturated carbocycles. The molecular weight excluding hydrogens is 362 g/mol. The standard InChI is InChI=1S/C29H23N/c1-30-18-19-11-13-21(14-12-19)27-23-9-5-6-10-24(23)28(20-7-3-2-4-8-20)29-25(27)16-15-22-17-26(22)29/h2-16,22,26H,1,17-18H2. The average molecular weight is 386 g/mol. The van der Waals surface area contributed by atoms with Crippen LogP contribution in [0.15, 0.2) is 89.9 Å². The number of aliphatic imine (C=N–C) groups is 1. The highest BCUT2D eigenvalue weighted by molar-refractivity contribution is 6.10. The zero-order valence-corrected chi connectivity index (χ0v) is 16.9. The van der Waals surface area contributed by atoms with Gasteiger partial charge in [0.2, 0.25) is 0 Å². The van der Waals surface area contributed by atoms with Gasteiger partial charge in [0.15, 0.2) is 0 Å². The Morgan fingerprint density at radius 1 is 0.767 bits per heavy atom. The third-order valence-electron chi connectivity index (χ3n) is 6.61. The minimum Gasteiger partial charge on any atom is -0.296 e. The van der Waals surface area contributed by atoms with Crippen LogP contribution in [0, 0.1) is 5.92 Å². The van der Waals surface area contributed by atoms with Crippen LogP contribution in [-0.4, -0.2) is 6.72 Å². The fourth-order valence-electron chi connectivity index (χ4n) is 5.15. The van der Waals surface area contributed by atoms with Crippen molar-refractivity contribution in [3.63, 3.8) is 0 Å². The van der Waals surface area contributed by atoms with E-state index in [2.05, 4.69) is 103 Å². The van der Waals surface area contributed by atoms with Gasteiger partial charge in [-0.2, -0.15) is 0 Å². The second-order valence-corrected chi connectivity index (χ2v) is 8.43. The predicted molar refractivity (Wildman–Crippen MR) is 128 cm³/mol. The molecule has 0 heterocycles. The molecule has 2 atom stereocenters. The van der Waals surface area contributed by atoms with E-state index < -0.39 is 0 Å². The number of benzene rings is 4. The summed E-state index contributed by atoms with van der Waals surface area (Å²) < 4.78 is 0. The van der Waals surface area contributed by atoms with E-state index in [0.717, 1.165) is 0 Å². The Bertz CT molecular complexity index is 1300. The van der Waals surface area contributed by atoms with Crippen LogP contribution >= 0.6 is 0 Å². The third kappa shape index (κ3) is 2.66. The summed E-state index contributed by atoms with van der Waals surface area (Å²) >= 11 is 0. The number of allylic oxidation sites excluding steroid dienone is 1. The van der Waals surface area contributed by atoms with E-state index in [0.29, 0.717) is 18.4 Å². The minimum absolute atomic E-state index is 0.646. The maximum atomic E-state index is 4.03. The van der Waals surface area contributed by atoms with Gasteiger partial charge in [0, 0.05) is 0 Å². The highest BCUT2D eigenvalue weighted by Crippen LogP contribution is 2.58. The summed E-state index contributed by atoms with van der Waals surface area (Å²) in [5, 5.41) is 2.68. The SMILES string of the molecule is C=NCc1ccc(-c2c3c(c(-c4ccccc4)c4ccccc24)C2CC2C=C3)cc1. The molecule has 0 bridgehead atoms. The van der Waals surface area contributed by atoms with Gasteiger partial charge in [-0.3, -0.25) is 4.99 Å². The monoisotopic (exact) mass is 385 g/mol. The summed E-state index contributed by atoms with van der Waals surface area (Å²) in [4.78, 5) is 4.03. The van der Waals surface area contributed by atoms with Crippen LogP contribution in [-0.2, 0) is 6.54 Å². The van der Waals surface area contributed by atoms with E-state index in [9.17, 15) is 0 Å². The van der Waals surface area contributed by atoms with E-state index in [-0.39, 0.29) is 0 Å². The van der Waals surface area contributed by atoms with Crippen molar-refractivity contribution in [1.29, 1.82) is 0 Å². The average Bonchev–Trinajstić information content (AvgIpc) is 3.59. The van der Waals surface area contributed by atoms with Gasteiger partial charge >= 0.3 is 0 Å². The first-order valence-electron chi connectivity index (χ1n) is 10.7. The second kappa shape index (κ2) is 6.81. The molecule has 1 fully saturated rings. The molecule has 2 aliphatic rings. The molecule has 0 amide bonds. The lowest BCUT2D eigenvalue weighted by molar-refractivity contribution is 1.00. The van der Waals surface area contributed by atoms with E-state index in [1.54, 1.807) is 5.56 Å². The summed E-state index contributed by atoms with van der Waals surface area (Å²) in [7, 11) is 0. The summed E-state index contributed by atoms with van der Waals surface area (Å²) in [5.41, 5.74) is 9.53. The lowest BCUT2D eigenvalue weighted by Crippen LogP contribution is -2.02. The summed E-state index contributed by atoms with van der Waals surface area (Å²) in [5.74, 6) is 1.35. The molecule has 6 rings (SSSR count). The van der Waals surface area contributed by atoms with E-state index in [1.165, 1.54) is 50.6 Å². The zero-order chi connectivity index (χ0) is 20.1. The van der Waals surface area contributed by atoms with Crippen molar-refractivity contribution < 1.29 is 0 Å². The Morgan fingerprint density at radius 2 is 1.43 bits per heavy atom. The van der Waals surface area contributed by atoms with Crippen LogP contribution < -0.4 is 0 Å². The molecule has 2 aliphatic carbocycles. The van der Waals surface area contributed by atoms with Crippen molar-refractivity contribution in [2.24, 2.45) is 10.9 Å². The maximum Gasteiger partial charge on any atom is 0.0632 e. The lowest BCUT2D eigenvalue weighted by atomic mass is 9.80. The molecule has 1 nitrogen and oxygen atoms in total. The minimum atomic E-state index is 0.646. The van der Waals surface area contributed by atoms with Crippen LogP contribution in [0.4, 0.5) is 0 Å². The molecule has 4 aromatic carbocycles. The molecule has 0 aromatic heterocycles. The first kappa shape index (κ1) is 17.4. The van der Waals surface area contributed by atoms with Crippen molar-refractivity contribution in [1.82, 2.24) is 0 Å². The number of rotatable bonds is 4. The molecule has 4 aromatic rings. The number of hydrogen-bond donors (Lipinski definition) is 0. The van der Waals surface area contributed by atoms with E-state index >= 15 is 0 Å². The summed E-state index contributed by atoms with van der Waals surface area (Å²) in [6.45, 7) is 4.29. The smallest absolute Gasteiger partial charge is 0.0632 e. The van der Waals surface area contributed by atoms with Crippen molar-refractivity contribution in [2.45, 2.75) is 18.9 Å². The molecule has 0 spiro atoms. The van der Waals surface area contributed by atoms with E-state index in [4.69, 9.17) is 0 Å². The van der Waals surface area contributed by atoms with Gasteiger partial charge in [-0.25, -0.2) is 0 Å². The summed E-state index contributed by atoms with van der Waals surface area (Å²) in [6, 6.07) is 28.7. The fraction of sp³-hybridized carbons (Fsp3) is 0.138. The van der Waals surface area contributed by atoms with Gasteiger partial charge in [0.25, 0.3) is 0 Å². The quantitative estimate of drug-likeness (QED) is 0.322. The van der Waals surface area contributed by atoms with Crippen LogP contribution in [0.2, 0.25) is 0 Å². The topological polar surface area (TPSA) is 12.4 Å². The molecule has 144 valence electrons. The fourth-order valence-corrected chi connectivity index (χ4v) is 5.15. The largest absolute Gasteiger partial charge is 0.296 e. The summed E-state index contributed by atoms with van der Waals surface area (Å²) in [6.07, 6.45) is 6.08. The molecule has 0 aliphatic heterocycles. The Hall–Kier alpha value is -3.45. The lowest BCUT2D eigenvalue weighted by Gasteiger charge is -2.23. The molecular formula is C29H23N. The molecule has 0 N–H and O–H groups in total. The van der Waals surface area contributed by atoms with Gasteiger partial charge in [-0.15, -0.1) is 0 Å². The van der Waals surface area contributed by atoms with Crippen LogP contribution in [0.25, 0.3) is 39.1 Å². The predicted octanol–water partition coefficient (Wildman–Crippen LogP) is 7.50. The Labute approximate surface area is 177 Å². The Kier molecular flexibility index (Phi) is 3.95. The van der Waals surface area contributed by atoms with Gasteiger partial charge in [-0.05, 0) is 74.7 Å². The van der Waals surface area contributed by atoms with Crippen molar-refractivity contribution in [2.75, 3.05) is 0 Å². The molecule has 2 unspecified atom stereocenters. The molecule has 30 heavy (non-hydrogen) atoms. The number of hydrogen-bond acceptors (Lipinski definition) is 1. The van der Waals surface area contributed by atoms with Crippen LogP contribution in [0.1, 0.15) is 29.0 Å². The van der Waals surface area contributed by atoms with Crippen LogP contribution in [0.3, 0.4) is 0 Å². The maximum absolute atomic E-state index is 4.03. The molecule has 0 saturated heterocycles. The van der Waals surface area contributed by atoms with Gasteiger partial charge < -0.3 is 0 Å². The molecule has 0 radical (unpaired) electrons. The number of fused-ring (bicyclic) bond motifs is 4. The Balaban J connectivity index is 1.69. The van der Waals surface area contributed by atoms with Crippen molar-refractivity contribution in [3.05, 3.63) is 102 Å².